The topological polar surface area (TPSA) is 54.4 Å². The van der Waals surface area contributed by atoms with Crippen LogP contribution in [0.15, 0.2) is 59.2 Å². The van der Waals surface area contributed by atoms with Crippen molar-refractivity contribution in [2.75, 3.05) is 19.0 Å². The predicted molar refractivity (Wildman–Crippen MR) is 120 cm³/mol. The summed E-state index contributed by atoms with van der Waals surface area (Å²) >= 11 is 3.34. The minimum atomic E-state index is -4.84. The molecule has 0 spiro atoms. The predicted octanol–water partition coefficient (Wildman–Crippen LogP) is 6.08. The van der Waals surface area contributed by atoms with Crippen molar-refractivity contribution in [3.63, 3.8) is 0 Å². The Morgan fingerprint density at radius 3 is 2.52 bits per heavy atom. The SMILES string of the molecule is COc1cc(Br)ccc1C(C)(C)CC(O)(CNc1cccc2ncccc12)C(F)(F)F. The number of rotatable bonds is 7. The van der Waals surface area contributed by atoms with Crippen LogP contribution in [0.4, 0.5) is 18.9 Å². The Balaban J connectivity index is 1.92. The number of aromatic nitrogens is 1. The molecule has 31 heavy (non-hydrogen) atoms. The molecule has 3 aromatic rings. The highest BCUT2D eigenvalue weighted by molar-refractivity contribution is 9.10. The molecule has 0 saturated carbocycles. The van der Waals surface area contributed by atoms with E-state index in [4.69, 9.17) is 4.74 Å². The van der Waals surface area contributed by atoms with E-state index >= 15 is 0 Å². The standard InChI is InChI=1S/C23H24BrF3N2O2/c1-21(2,17-10-9-15(24)12-20(17)31-3)13-22(30,23(25,26)27)14-29-19-8-4-7-18-16(19)6-5-11-28-18/h4-12,29-30H,13-14H2,1-3H3. The normalized spacial score (nSPS) is 14.3. The number of pyridine rings is 1. The molecule has 0 aliphatic heterocycles. The highest BCUT2D eigenvalue weighted by Crippen LogP contribution is 2.44. The number of hydrogen-bond donors (Lipinski definition) is 2. The zero-order valence-electron chi connectivity index (χ0n) is 17.4. The summed E-state index contributed by atoms with van der Waals surface area (Å²) in [5.41, 5.74) is -2.29. The van der Waals surface area contributed by atoms with Gasteiger partial charge in [-0.2, -0.15) is 13.2 Å². The molecule has 0 fully saturated rings. The molecular formula is C23H24BrF3N2O2. The number of halogens is 4. The van der Waals surface area contributed by atoms with Crippen molar-refractivity contribution in [2.24, 2.45) is 0 Å². The van der Waals surface area contributed by atoms with E-state index in [0.717, 1.165) is 4.47 Å². The molecule has 1 aromatic heterocycles. The number of aliphatic hydroxyl groups is 1. The average Bonchev–Trinajstić information content (AvgIpc) is 2.70. The molecule has 0 radical (unpaired) electrons. The van der Waals surface area contributed by atoms with Gasteiger partial charge in [-0.1, -0.05) is 41.9 Å². The molecule has 2 N–H and O–H groups in total. The first-order chi connectivity index (χ1) is 14.5. The van der Waals surface area contributed by atoms with E-state index in [9.17, 15) is 18.3 Å². The third-order valence-corrected chi connectivity index (χ3v) is 5.86. The summed E-state index contributed by atoms with van der Waals surface area (Å²) in [6, 6.07) is 13.8. The molecule has 0 amide bonds. The lowest BCUT2D eigenvalue weighted by Crippen LogP contribution is -2.53. The summed E-state index contributed by atoms with van der Waals surface area (Å²) in [6.45, 7) is 2.63. The van der Waals surface area contributed by atoms with Gasteiger partial charge in [0.15, 0.2) is 5.60 Å². The van der Waals surface area contributed by atoms with E-state index in [-0.39, 0.29) is 0 Å². The molecule has 1 heterocycles. The van der Waals surface area contributed by atoms with Gasteiger partial charge in [0, 0.05) is 21.7 Å². The Morgan fingerprint density at radius 2 is 1.84 bits per heavy atom. The Bertz CT molecular complexity index is 1070. The molecule has 1 unspecified atom stereocenters. The fourth-order valence-corrected chi connectivity index (χ4v) is 4.15. The van der Waals surface area contributed by atoms with Crippen LogP contribution in [0.1, 0.15) is 25.8 Å². The fourth-order valence-electron chi connectivity index (χ4n) is 3.81. The largest absolute Gasteiger partial charge is 0.496 e. The van der Waals surface area contributed by atoms with Crippen LogP contribution in [0.5, 0.6) is 5.75 Å². The van der Waals surface area contributed by atoms with Crippen molar-refractivity contribution in [1.82, 2.24) is 4.98 Å². The maximum absolute atomic E-state index is 14.1. The van der Waals surface area contributed by atoms with E-state index in [2.05, 4.69) is 26.2 Å². The van der Waals surface area contributed by atoms with Crippen molar-refractivity contribution >= 4 is 32.5 Å². The summed E-state index contributed by atoms with van der Waals surface area (Å²) in [5, 5.41) is 14.3. The molecule has 4 nitrogen and oxygen atoms in total. The van der Waals surface area contributed by atoms with Gasteiger partial charge in [-0.25, -0.2) is 0 Å². The summed E-state index contributed by atoms with van der Waals surface area (Å²) < 4.78 is 48.3. The number of benzene rings is 2. The van der Waals surface area contributed by atoms with Gasteiger partial charge in [-0.15, -0.1) is 0 Å². The van der Waals surface area contributed by atoms with E-state index in [1.165, 1.54) is 7.11 Å². The van der Waals surface area contributed by atoms with Crippen LogP contribution < -0.4 is 10.1 Å². The van der Waals surface area contributed by atoms with Gasteiger partial charge in [0.1, 0.15) is 5.75 Å². The fraction of sp³-hybridized carbons (Fsp3) is 0.348. The Hall–Kier alpha value is -2.32. The van der Waals surface area contributed by atoms with Crippen molar-refractivity contribution in [3.8, 4) is 5.75 Å². The Morgan fingerprint density at radius 1 is 1.10 bits per heavy atom. The molecule has 0 aliphatic carbocycles. The molecule has 0 bridgehead atoms. The highest BCUT2D eigenvalue weighted by Gasteiger charge is 2.56. The summed E-state index contributed by atoms with van der Waals surface area (Å²) in [5.74, 6) is 0.456. The van der Waals surface area contributed by atoms with Gasteiger partial charge >= 0.3 is 6.18 Å². The van der Waals surface area contributed by atoms with Gasteiger partial charge in [0.25, 0.3) is 0 Å². The zero-order chi connectivity index (χ0) is 22.9. The zero-order valence-corrected chi connectivity index (χ0v) is 19.0. The number of nitrogens with zero attached hydrogens (tertiary/aromatic N) is 1. The molecule has 3 rings (SSSR count). The smallest absolute Gasteiger partial charge is 0.418 e. The van der Waals surface area contributed by atoms with Crippen LogP contribution in [-0.2, 0) is 5.41 Å². The maximum Gasteiger partial charge on any atom is 0.418 e. The highest BCUT2D eigenvalue weighted by atomic mass is 79.9. The number of hydrogen-bond acceptors (Lipinski definition) is 4. The number of ether oxygens (including phenoxy) is 1. The molecule has 2 aromatic carbocycles. The molecule has 1 atom stereocenters. The second kappa shape index (κ2) is 8.67. The summed E-state index contributed by atoms with van der Waals surface area (Å²) in [7, 11) is 1.47. The van der Waals surface area contributed by atoms with Crippen molar-refractivity contribution in [1.29, 1.82) is 0 Å². The molecule has 0 saturated heterocycles. The number of nitrogens with one attached hydrogen (secondary N) is 1. The van der Waals surface area contributed by atoms with Gasteiger partial charge < -0.3 is 15.2 Å². The van der Waals surface area contributed by atoms with E-state index < -0.39 is 30.2 Å². The van der Waals surface area contributed by atoms with E-state index in [1.807, 2.05) is 0 Å². The number of anilines is 1. The number of fused-ring (bicyclic) bond motifs is 1. The van der Waals surface area contributed by atoms with E-state index in [1.54, 1.807) is 68.6 Å². The van der Waals surface area contributed by atoms with Crippen molar-refractivity contribution in [3.05, 3.63) is 64.8 Å². The third-order valence-electron chi connectivity index (χ3n) is 5.37. The van der Waals surface area contributed by atoms with Crippen LogP contribution in [-0.4, -0.2) is 35.5 Å². The quantitative estimate of drug-likeness (QED) is 0.416. The lowest BCUT2D eigenvalue weighted by molar-refractivity contribution is -0.260. The number of alkyl halides is 3. The summed E-state index contributed by atoms with van der Waals surface area (Å²) in [4.78, 5) is 4.22. The Labute approximate surface area is 187 Å². The van der Waals surface area contributed by atoms with Crippen molar-refractivity contribution in [2.45, 2.75) is 37.5 Å². The Kier molecular flexibility index (Phi) is 6.53. The molecule has 8 heteroatoms. The lowest BCUT2D eigenvalue weighted by Gasteiger charge is -2.38. The molecule has 166 valence electrons. The lowest BCUT2D eigenvalue weighted by atomic mass is 9.74. The van der Waals surface area contributed by atoms with Crippen LogP contribution in [0.25, 0.3) is 10.9 Å². The third kappa shape index (κ3) is 4.96. The first kappa shape index (κ1) is 23.3. The van der Waals surface area contributed by atoms with Gasteiger partial charge in [0.05, 0.1) is 19.2 Å². The molecular weight excluding hydrogens is 473 g/mol. The van der Waals surface area contributed by atoms with E-state index in [0.29, 0.717) is 27.9 Å². The van der Waals surface area contributed by atoms with Crippen molar-refractivity contribution < 1.29 is 23.0 Å². The molecule has 0 aliphatic rings. The first-order valence-corrected chi connectivity index (χ1v) is 10.5. The monoisotopic (exact) mass is 496 g/mol. The van der Waals surface area contributed by atoms with Gasteiger partial charge in [0.2, 0.25) is 0 Å². The van der Waals surface area contributed by atoms with Gasteiger partial charge in [-0.05, 0) is 53.8 Å². The maximum atomic E-state index is 14.1. The first-order valence-electron chi connectivity index (χ1n) is 9.68. The second-order valence-electron chi connectivity index (χ2n) is 8.16. The summed E-state index contributed by atoms with van der Waals surface area (Å²) in [6.07, 6.45) is -3.79. The van der Waals surface area contributed by atoms with Crippen LogP contribution in [0.2, 0.25) is 0 Å². The second-order valence-corrected chi connectivity index (χ2v) is 9.08. The van der Waals surface area contributed by atoms with Crippen LogP contribution in [0, 0.1) is 0 Å². The minimum Gasteiger partial charge on any atom is -0.496 e. The minimum absolute atomic E-state index is 0.456. The van der Waals surface area contributed by atoms with Gasteiger partial charge in [-0.3, -0.25) is 4.98 Å². The van der Waals surface area contributed by atoms with Crippen LogP contribution in [0.3, 0.4) is 0 Å². The average molecular weight is 497 g/mol. The van der Waals surface area contributed by atoms with Crippen LogP contribution >= 0.6 is 15.9 Å². The number of methoxy groups -OCH3 is 1.